The van der Waals surface area contributed by atoms with Crippen LogP contribution in [-0.4, -0.2) is 270 Å². The number of rotatable bonds is 34. The van der Waals surface area contributed by atoms with E-state index in [2.05, 4.69) is 47.5 Å². The van der Waals surface area contributed by atoms with E-state index in [1.54, 1.807) is 91.1 Å². The summed E-state index contributed by atoms with van der Waals surface area (Å²) < 4.78 is 0. The summed E-state index contributed by atoms with van der Waals surface area (Å²) in [6.45, 7) is -2.11. The fourth-order valence-corrected chi connectivity index (χ4v) is 12.7. The van der Waals surface area contributed by atoms with Gasteiger partial charge in [-0.1, -0.05) is 100 Å². The number of amides is 8. The maximum absolute atomic E-state index is 15.2. The first-order chi connectivity index (χ1) is 46.6. The number of aliphatic hydroxyl groups excluding tert-OH is 2. The minimum Gasteiger partial charge on any atom is -0.480 e. The Hall–Kier alpha value is -9.23. The number of unbranched alkanes of at least 4 members (excludes halogenated alkanes) is 1. The third-order valence-electron chi connectivity index (χ3n) is 15.4. The van der Waals surface area contributed by atoms with Crippen molar-refractivity contribution in [3.05, 3.63) is 108 Å². The van der Waals surface area contributed by atoms with Gasteiger partial charge in [-0.2, -0.15) is 0 Å². The van der Waals surface area contributed by atoms with Crippen molar-refractivity contribution in [1.29, 1.82) is 0 Å². The largest absolute Gasteiger partial charge is 0.480 e. The molecule has 0 bridgehead atoms. The minimum atomic E-state index is -1.92. The highest BCUT2D eigenvalue weighted by Gasteiger charge is 2.38. The predicted octanol–water partition coefficient (Wildman–Crippen LogP) is -3.31. The molecule has 0 aliphatic carbocycles. The Bertz CT molecular complexity index is 3370. The van der Waals surface area contributed by atoms with Gasteiger partial charge >= 0.3 is 29.8 Å². The lowest BCUT2D eigenvalue weighted by molar-refractivity contribution is -0.145. The Morgan fingerprint density at radius 3 is 1.65 bits per heavy atom. The van der Waals surface area contributed by atoms with Gasteiger partial charge < -0.3 is 89.0 Å². The number of fused-ring (bicyclic) bond motifs is 1. The number of H-pyrrole nitrogens is 1. The molecule has 1 aromatic heterocycles. The summed E-state index contributed by atoms with van der Waals surface area (Å²) in [7, 11) is 1.62. The zero-order valence-corrected chi connectivity index (χ0v) is 55.5. The van der Waals surface area contributed by atoms with Gasteiger partial charge in [0.25, 0.3) is 0 Å². The Morgan fingerprint density at radius 1 is 0.571 bits per heavy atom. The molecular weight excluding hydrogens is 1320 g/mol. The molecule has 1 aliphatic rings. The number of para-hydroxylation sites is 1. The van der Waals surface area contributed by atoms with E-state index in [1.807, 2.05) is 0 Å². The molecule has 4 aromatic rings. The van der Waals surface area contributed by atoms with Gasteiger partial charge in [-0.05, 0) is 62.4 Å². The highest BCUT2D eigenvalue weighted by molar-refractivity contribution is 8.76. The van der Waals surface area contributed by atoms with E-state index >= 15 is 9.59 Å². The van der Waals surface area contributed by atoms with Crippen LogP contribution in [0.5, 0.6) is 0 Å². The van der Waals surface area contributed by atoms with Crippen molar-refractivity contribution >= 4 is 110 Å². The first kappa shape index (κ1) is 79.5. The topological polar surface area (TPSA) is 511 Å². The Morgan fingerprint density at radius 2 is 1.08 bits per heavy atom. The van der Waals surface area contributed by atoms with Crippen LogP contribution in [0.4, 0.5) is 0 Å². The van der Waals surface area contributed by atoms with Crippen molar-refractivity contribution in [3.8, 4) is 0 Å². The molecule has 1 aliphatic heterocycles. The predicted molar refractivity (Wildman–Crippen MR) is 356 cm³/mol. The molecule has 534 valence electrons. The van der Waals surface area contributed by atoms with Crippen LogP contribution in [-0.2, 0) is 81.6 Å². The van der Waals surface area contributed by atoms with Gasteiger partial charge in [0.2, 0.25) is 47.3 Å². The average Bonchev–Trinajstić information content (AvgIpc) is 1.64. The van der Waals surface area contributed by atoms with E-state index in [-0.39, 0.29) is 64.8 Å². The van der Waals surface area contributed by atoms with Gasteiger partial charge in [0, 0.05) is 74.0 Å². The molecule has 10 unspecified atom stereocenters. The number of nitrogens with two attached hydrogens (primary N) is 1. The van der Waals surface area contributed by atoms with Crippen molar-refractivity contribution in [1.82, 2.24) is 62.2 Å². The van der Waals surface area contributed by atoms with Gasteiger partial charge in [0.15, 0.2) is 6.04 Å². The van der Waals surface area contributed by atoms with Crippen LogP contribution in [0.3, 0.4) is 0 Å². The number of aliphatic carboxylic acids is 5. The maximum atomic E-state index is 15.2. The van der Waals surface area contributed by atoms with Crippen molar-refractivity contribution in [2.45, 2.75) is 113 Å². The molecule has 0 radical (unpaired) electrons. The molecule has 2 heterocycles. The van der Waals surface area contributed by atoms with Crippen molar-refractivity contribution < 1.29 is 98.1 Å². The zero-order chi connectivity index (χ0) is 72.0. The molecule has 3 aromatic carbocycles. The van der Waals surface area contributed by atoms with Gasteiger partial charge in [0.05, 0.1) is 44.9 Å². The van der Waals surface area contributed by atoms with E-state index in [0.717, 1.165) is 45.2 Å². The van der Waals surface area contributed by atoms with Crippen molar-refractivity contribution in [3.63, 3.8) is 0 Å². The number of carbonyl (C=O) groups is 13. The molecule has 35 heteroatoms. The van der Waals surface area contributed by atoms with Crippen LogP contribution in [0.25, 0.3) is 10.9 Å². The molecule has 98 heavy (non-hydrogen) atoms. The van der Waals surface area contributed by atoms with E-state index in [4.69, 9.17) is 5.73 Å². The number of carboxylic acid groups (broad SMARTS) is 5. The molecule has 5 rings (SSSR count). The third kappa shape index (κ3) is 27.4. The number of aromatic amines is 1. The van der Waals surface area contributed by atoms with Gasteiger partial charge in [-0.3, -0.25) is 72.2 Å². The number of nitrogens with one attached hydrogen (secondary N) is 9. The highest BCUT2D eigenvalue weighted by Crippen LogP contribution is 2.25. The Labute approximate surface area is 570 Å². The smallest absolute Gasteiger partial charge is 0.328 e. The van der Waals surface area contributed by atoms with Crippen LogP contribution in [0.15, 0.2) is 91.1 Å². The monoisotopic (exact) mass is 1410 g/mol. The number of benzene rings is 3. The molecule has 0 saturated carbocycles. The Kier molecular flexibility index (Phi) is 32.8. The maximum Gasteiger partial charge on any atom is 0.328 e. The number of aromatic nitrogens is 1. The SMILES string of the molecule is CC(O)C(NC(=O)C1CSSCC(NC(=O)C(Cc2ccccc2)NC(=O)CN(CCN(CCN(CC(=O)O)CC(=O)O)CC(=O)O)CC(=O)O)C(=O)NC(Cc2ccccc2)C(=O)NC(Cc2c[nH]c3ccccc23)C(=O)NC(CCCCN)C(=O)NC(C(C)O)C(=O)N1)C(=O)O. The van der Waals surface area contributed by atoms with E-state index in [9.17, 15) is 88.5 Å². The highest BCUT2D eigenvalue weighted by atomic mass is 33.1. The molecule has 8 amide bonds. The van der Waals surface area contributed by atoms with Crippen molar-refractivity contribution in [2.75, 3.05) is 77.0 Å². The van der Waals surface area contributed by atoms with E-state index in [1.165, 1.54) is 4.90 Å². The number of carbonyl (C=O) groups excluding carboxylic acids is 8. The molecule has 10 atom stereocenters. The Balaban J connectivity index is 1.58. The van der Waals surface area contributed by atoms with Crippen LogP contribution in [0, 0.1) is 0 Å². The van der Waals surface area contributed by atoms with Crippen LogP contribution >= 0.6 is 21.6 Å². The van der Waals surface area contributed by atoms with Gasteiger partial charge in [-0.25, -0.2) is 4.79 Å². The molecule has 18 N–H and O–H groups in total. The lowest BCUT2D eigenvalue weighted by Crippen LogP contribution is -2.62. The molecule has 1 fully saturated rings. The second-order valence-corrected chi connectivity index (χ2v) is 25.8. The first-order valence-electron chi connectivity index (χ1n) is 31.2. The first-order valence-corrected chi connectivity index (χ1v) is 33.7. The molecular formula is C63H85N13O20S2. The average molecular weight is 1410 g/mol. The number of hydrogen-bond donors (Lipinski definition) is 17. The lowest BCUT2D eigenvalue weighted by Gasteiger charge is -2.29. The zero-order valence-electron chi connectivity index (χ0n) is 53.8. The van der Waals surface area contributed by atoms with Crippen LogP contribution in [0.2, 0.25) is 0 Å². The van der Waals surface area contributed by atoms with E-state index in [0.29, 0.717) is 34.0 Å². The summed E-state index contributed by atoms with van der Waals surface area (Å²) in [6.07, 6.45) is -1.92. The van der Waals surface area contributed by atoms with Crippen LogP contribution in [0.1, 0.15) is 49.8 Å². The second-order valence-electron chi connectivity index (χ2n) is 23.3. The fraction of sp³-hybridized carbons (Fsp3) is 0.476. The van der Waals surface area contributed by atoms with E-state index < -0.39 is 182 Å². The van der Waals surface area contributed by atoms with Gasteiger partial charge in [0.1, 0.15) is 42.3 Å². The number of aliphatic hydroxyl groups is 2. The number of hydrogen-bond acceptors (Lipinski definition) is 21. The summed E-state index contributed by atoms with van der Waals surface area (Å²) in [5, 5.41) is 90.8. The molecule has 0 spiro atoms. The summed E-state index contributed by atoms with van der Waals surface area (Å²) in [6, 6.07) is 10.4. The second kappa shape index (κ2) is 40.5. The summed E-state index contributed by atoms with van der Waals surface area (Å²) >= 11 is 0. The standard InChI is InChI=1S/C63H85N13O20S2/c1-36(77)54-62(94)71-48(61(93)73-55(37(2)78)63(95)96)35-98-97-34-47(70-57(89)44(25-38-13-5-3-6-14-38)66-49(79)29-75(31-51(82)83)23-21-74(30-50(80)81)22-24-76(32-52(84)85)33-53(86)87)60(92)68-45(26-39-15-7-4-8-16-39)58(90)69-46(27-40-28-65-42-18-10-9-17-41(40)42)59(91)67-43(56(88)72-54)19-11-12-20-64/h3-10,13-18,28,36-37,43-48,54-55,65,77-78H,11-12,19-27,29-35,64H2,1-2H3,(H,66,79)(H,67,91)(H,68,92)(H,69,90)(H,70,89)(H,71,94)(H,72,88)(H,73,93)(H,80,81)(H,82,83)(H,84,85)(H,86,87)(H,95,96). The number of nitrogens with zero attached hydrogens (tertiary/aromatic N) is 3. The lowest BCUT2D eigenvalue weighted by atomic mass is 10.0. The fourth-order valence-electron chi connectivity index (χ4n) is 10.3. The summed E-state index contributed by atoms with van der Waals surface area (Å²) in [5.74, 6) is -16.2. The third-order valence-corrected chi connectivity index (χ3v) is 17.8. The normalized spacial score (nSPS) is 19.7. The molecule has 1 saturated heterocycles. The molecule has 33 nitrogen and oxygen atoms in total. The van der Waals surface area contributed by atoms with Crippen LogP contribution < -0.4 is 48.3 Å². The van der Waals surface area contributed by atoms with Gasteiger partial charge in [-0.15, -0.1) is 0 Å². The van der Waals surface area contributed by atoms with Crippen molar-refractivity contribution in [2.24, 2.45) is 5.73 Å². The summed E-state index contributed by atoms with van der Waals surface area (Å²) in [4.78, 5) is 183. The summed E-state index contributed by atoms with van der Waals surface area (Å²) in [5.41, 5.74) is 8.01. The quantitative estimate of drug-likeness (QED) is 0.0161. The number of carboxylic acids is 5. The minimum absolute atomic E-state index is 0.0850.